The quantitative estimate of drug-likeness (QED) is 0.430. The molecule has 1 amide bonds. The van der Waals surface area contributed by atoms with E-state index in [2.05, 4.69) is 16.4 Å². The van der Waals surface area contributed by atoms with Crippen molar-refractivity contribution >= 4 is 34.3 Å². The van der Waals surface area contributed by atoms with Gasteiger partial charge in [-0.2, -0.15) is 0 Å². The number of anilines is 1. The van der Waals surface area contributed by atoms with Gasteiger partial charge in [0.15, 0.2) is 0 Å². The third kappa shape index (κ3) is 3.81. The Morgan fingerprint density at radius 1 is 1.00 bits per heavy atom. The van der Waals surface area contributed by atoms with Crippen molar-refractivity contribution < 1.29 is 4.79 Å². The molecule has 0 unspecified atom stereocenters. The van der Waals surface area contributed by atoms with Crippen molar-refractivity contribution in [2.45, 2.75) is 29.9 Å². The van der Waals surface area contributed by atoms with E-state index in [0.29, 0.717) is 0 Å². The first-order valence-electron chi connectivity index (χ1n) is 10.1. The van der Waals surface area contributed by atoms with Crippen LogP contribution in [0.2, 0.25) is 0 Å². The average Bonchev–Trinajstić information content (AvgIpc) is 3.25. The maximum absolute atomic E-state index is 13.2. The van der Waals surface area contributed by atoms with Gasteiger partial charge < -0.3 is 5.32 Å². The molecule has 0 bridgehead atoms. The summed E-state index contributed by atoms with van der Waals surface area (Å²) in [4.78, 5) is 23.3. The van der Waals surface area contributed by atoms with Crippen molar-refractivity contribution in [2.75, 3.05) is 5.32 Å². The molecule has 1 N–H and O–H groups in total. The molecule has 5 heteroatoms. The third-order valence-corrected chi connectivity index (χ3v) is 6.47. The number of aryl methyl sites for hydroxylation is 1. The summed E-state index contributed by atoms with van der Waals surface area (Å²) in [6, 6.07) is 20.0. The SMILES string of the molecule is O=C(Nc1ccc(SCc2cccnc2)cc1)c1c2c(nc3ccccc13)CCC2. The van der Waals surface area contributed by atoms with Crippen LogP contribution in [0, 0.1) is 0 Å². The second-order valence-corrected chi connectivity index (χ2v) is 8.46. The number of nitrogens with one attached hydrogen (secondary N) is 1. The van der Waals surface area contributed by atoms with Crippen LogP contribution in [0.25, 0.3) is 10.9 Å². The van der Waals surface area contributed by atoms with E-state index in [4.69, 9.17) is 4.98 Å². The van der Waals surface area contributed by atoms with Crippen LogP contribution in [0.5, 0.6) is 0 Å². The van der Waals surface area contributed by atoms with Crippen LogP contribution < -0.4 is 5.32 Å². The van der Waals surface area contributed by atoms with E-state index < -0.39 is 0 Å². The van der Waals surface area contributed by atoms with Gasteiger partial charge in [-0.05, 0) is 66.8 Å². The molecule has 0 atom stereocenters. The Labute approximate surface area is 179 Å². The predicted octanol–water partition coefficient (Wildman–Crippen LogP) is 5.66. The molecule has 2 aromatic carbocycles. The maximum Gasteiger partial charge on any atom is 0.256 e. The minimum Gasteiger partial charge on any atom is -0.322 e. The van der Waals surface area contributed by atoms with E-state index in [0.717, 1.165) is 63.3 Å². The first-order chi connectivity index (χ1) is 14.8. The first-order valence-corrected chi connectivity index (χ1v) is 11.1. The van der Waals surface area contributed by atoms with Crippen LogP contribution in [0.15, 0.2) is 78.0 Å². The number of carbonyl (C=O) groups is 1. The Balaban J connectivity index is 1.35. The lowest BCUT2D eigenvalue weighted by molar-refractivity contribution is 0.102. The molecule has 30 heavy (non-hydrogen) atoms. The lowest BCUT2D eigenvalue weighted by Crippen LogP contribution is -2.15. The number of pyridine rings is 2. The minimum absolute atomic E-state index is 0.0532. The number of para-hydroxylation sites is 1. The van der Waals surface area contributed by atoms with Gasteiger partial charge in [0.1, 0.15) is 0 Å². The van der Waals surface area contributed by atoms with E-state index in [9.17, 15) is 4.79 Å². The molecule has 0 spiro atoms. The fourth-order valence-corrected chi connectivity index (χ4v) is 4.78. The highest BCUT2D eigenvalue weighted by Gasteiger charge is 2.23. The monoisotopic (exact) mass is 411 g/mol. The molecule has 5 rings (SSSR count). The van der Waals surface area contributed by atoms with E-state index in [1.54, 1.807) is 18.0 Å². The highest BCUT2D eigenvalue weighted by molar-refractivity contribution is 7.98. The summed E-state index contributed by atoms with van der Waals surface area (Å²) in [5, 5.41) is 4.03. The van der Waals surface area contributed by atoms with Crippen molar-refractivity contribution in [3.05, 3.63) is 95.4 Å². The lowest BCUT2D eigenvalue weighted by Gasteiger charge is -2.13. The highest BCUT2D eigenvalue weighted by Crippen LogP contribution is 2.31. The van der Waals surface area contributed by atoms with E-state index in [-0.39, 0.29) is 5.91 Å². The number of aromatic nitrogens is 2. The Morgan fingerprint density at radius 2 is 1.87 bits per heavy atom. The normalized spacial score (nSPS) is 12.7. The number of hydrogen-bond acceptors (Lipinski definition) is 4. The van der Waals surface area contributed by atoms with Crippen LogP contribution in [0.4, 0.5) is 5.69 Å². The Morgan fingerprint density at radius 3 is 2.70 bits per heavy atom. The van der Waals surface area contributed by atoms with E-state index in [1.165, 1.54) is 5.56 Å². The predicted molar refractivity (Wildman–Crippen MR) is 122 cm³/mol. The summed E-state index contributed by atoms with van der Waals surface area (Å²) in [5.41, 5.74) is 5.85. The van der Waals surface area contributed by atoms with Crippen molar-refractivity contribution in [2.24, 2.45) is 0 Å². The fraction of sp³-hybridized carbons (Fsp3) is 0.160. The van der Waals surface area contributed by atoms with Gasteiger partial charge in [0.05, 0.1) is 11.1 Å². The van der Waals surface area contributed by atoms with Gasteiger partial charge in [0, 0.05) is 39.8 Å². The smallest absolute Gasteiger partial charge is 0.256 e. The van der Waals surface area contributed by atoms with E-state index in [1.807, 2.05) is 60.8 Å². The molecule has 2 aromatic heterocycles. The van der Waals surface area contributed by atoms with Crippen LogP contribution in [-0.2, 0) is 18.6 Å². The summed E-state index contributed by atoms with van der Waals surface area (Å²) in [6.45, 7) is 0. The van der Waals surface area contributed by atoms with Gasteiger partial charge in [0.25, 0.3) is 5.91 Å². The average molecular weight is 412 g/mol. The van der Waals surface area contributed by atoms with Gasteiger partial charge in [-0.15, -0.1) is 11.8 Å². The van der Waals surface area contributed by atoms with Gasteiger partial charge in [-0.25, -0.2) is 0 Å². The van der Waals surface area contributed by atoms with Crippen molar-refractivity contribution in [3.63, 3.8) is 0 Å². The largest absolute Gasteiger partial charge is 0.322 e. The summed E-state index contributed by atoms with van der Waals surface area (Å²) < 4.78 is 0. The number of thioether (sulfide) groups is 1. The molecule has 4 aromatic rings. The summed E-state index contributed by atoms with van der Waals surface area (Å²) in [6.07, 6.45) is 6.59. The molecule has 0 radical (unpaired) electrons. The molecule has 0 saturated carbocycles. The standard InChI is InChI=1S/C25H21N3OS/c29-25(24-20-6-1-2-8-22(20)28-23-9-3-7-21(23)24)27-18-10-12-19(13-11-18)30-16-17-5-4-14-26-15-17/h1-2,4-6,8,10-15H,3,7,9,16H2,(H,27,29). The number of carbonyl (C=O) groups excluding carboxylic acids is 1. The molecular weight excluding hydrogens is 390 g/mol. The summed E-state index contributed by atoms with van der Waals surface area (Å²) in [5.74, 6) is 0.817. The number of amides is 1. The number of fused-ring (bicyclic) bond motifs is 2. The molecule has 148 valence electrons. The maximum atomic E-state index is 13.2. The molecule has 0 saturated heterocycles. The van der Waals surface area contributed by atoms with Crippen molar-refractivity contribution in [1.29, 1.82) is 0 Å². The second kappa shape index (κ2) is 8.28. The zero-order chi connectivity index (χ0) is 20.3. The third-order valence-electron chi connectivity index (χ3n) is 5.39. The van der Waals surface area contributed by atoms with Gasteiger partial charge in [-0.1, -0.05) is 24.3 Å². The van der Waals surface area contributed by atoms with Gasteiger partial charge in [0.2, 0.25) is 0 Å². The Kier molecular flexibility index (Phi) is 5.20. The zero-order valence-electron chi connectivity index (χ0n) is 16.5. The number of hydrogen-bond donors (Lipinski definition) is 1. The van der Waals surface area contributed by atoms with Crippen LogP contribution in [0.3, 0.4) is 0 Å². The number of benzene rings is 2. The molecule has 1 aliphatic carbocycles. The number of rotatable bonds is 5. The molecule has 0 aliphatic heterocycles. The van der Waals surface area contributed by atoms with Crippen LogP contribution in [0.1, 0.15) is 33.6 Å². The lowest BCUT2D eigenvalue weighted by atomic mass is 10.0. The molecule has 0 fully saturated rings. The minimum atomic E-state index is -0.0532. The topological polar surface area (TPSA) is 54.9 Å². The first kappa shape index (κ1) is 18.8. The fourth-order valence-electron chi connectivity index (χ4n) is 3.95. The van der Waals surface area contributed by atoms with Gasteiger partial charge in [-0.3, -0.25) is 14.8 Å². The molecule has 4 nitrogen and oxygen atoms in total. The van der Waals surface area contributed by atoms with Crippen molar-refractivity contribution in [3.8, 4) is 0 Å². The summed E-state index contributed by atoms with van der Waals surface area (Å²) in [7, 11) is 0. The van der Waals surface area contributed by atoms with Crippen molar-refractivity contribution in [1.82, 2.24) is 9.97 Å². The van der Waals surface area contributed by atoms with Crippen LogP contribution >= 0.6 is 11.8 Å². The molecule has 2 heterocycles. The van der Waals surface area contributed by atoms with Gasteiger partial charge >= 0.3 is 0 Å². The molecular formula is C25H21N3OS. The molecule has 1 aliphatic rings. The Bertz CT molecular complexity index is 1210. The van der Waals surface area contributed by atoms with Crippen LogP contribution in [-0.4, -0.2) is 15.9 Å². The highest BCUT2D eigenvalue weighted by atomic mass is 32.2. The van der Waals surface area contributed by atoms with E-state index >= 15 is 0 Å². The Hall–Kier alpha value is -3.18. The summed E-state index contributed by atoms with van der Waals surface area (Å²) >= 11 is 1.75. The second-order valence-electron chi connectivity index (χ2n) is 7.41. The zero-order valence-corrected chi connectivity index (χ0v) is 17.3. The number of nitrogens with zero attached hydrogens (tertiary/aromatic N) is 2.